The average Bonchev–Trinajstić information content (AvgIpc) is 2.80. The summed E-state index contributed by atoms with van der Waals surface area (Å²) in [4.78, 5) is 27.4. The lowest BCUT2D eigenvalue weighted by Crippen LogP contribution is -2.48. The lowest BCUT2D eigenvalue weighted by molar-refractivity contribution is -0.140. The van der Waals surface area contributed by atoms with Crippen LogP contribution in [0.5, 0.6) is 0 Å². The quantitative estimate of drug-likeness (QED) is 0.394. The molecule has 0 spiro atoms. The molecule has 7 nitrogen and oxygen atoms in total. The topological polar surface area (TPSA) is 86.8 Å². The molecule has 0 heterocycles. The Bertz CT molecular complexity index is 1100. The summed E-state index contributed by atoms with van der Waals surface area (Å²) >= 11 is 6.10. The molecule has 2 aromatic carbocycles. The number of hydrogen-bond donors (Lipinski definition) is 1. The number of anilines is 1. The minimum absolute atomic E-state index is 0.0281. The first-order valence-corrected chi connectivity index (χ1v) is 13.8. The van der Waals surface area contributed by atoms with Gasteiger partial charge in [0.1, 0.15) is 11.9 Å². The first-order valence-electron chi connectivity index (χ1n) is 11.6. The van der Waals surface area contributed by atoms with Gasteiger partial charge in [0.05, 0.1) is 11.9 Å². The molecule has 1 atom stereocenters. The van der Waals surface area contributed by atoms with E-state index in [9.17, 15) is 22.4 Å². The Morgan fingerprint density at radius 1 is 1.11 bits per heavy atom. The summed E-state index contributed by atoms with van der Waals surface area (Å²) in [5.41, 5.74) is 1.10. The Morgan fingerprint density at radius 3 is 2.40 bits per heavy atom. The normalized spacial score (nSPS) is 12.1. The Morgan fingerprint density at radius 2 is 1.80 bits per heavy atom. The van der Waals surface area contributed by atoms with Crippen molar-refractivity contribution < 1.29 is 22.4 Å². The molecule has 0 aliphatic heterocycles. The van der Waals surface area contributed by atoms with Crippen LogP contribution in [0.25, 0.3) is 0 Å². The van der Waals surface area contributed by atoms with Gasteiger partial charge in [0, 0.05) is 31.1 Å². The number of carbonyl (C=O) groups is 2. The first-order chi connectivity index (χ1) is 16.5. The van der Waals surface area contributed by atoms with Gasteiger partial charge in [0.25, 0.3) is 0 Å². The Hall–Kier alpha value is -2.65. The number of carbonyl (C=O) groups excluding carboxylic acids is 2. The predicted octanol–water partition coefficient (Wildman–Crippen LogP) is 4.36. The highest BCUT2D eigenvalue weighted by Gasteiger charge is 2.26. The van der Waals surface area contributed by atoms with Crippen LogP contribution < -0.4 is 9.62 Å². The molecule has 2 rings (SSSR count). The molecule has 10 heteroatoms. The number of unbranched alkanes of at least 4 members (excludes halogenated alkanes) is 1. The summed E-state index contributed by atoms with van der Waals surface area (Å²) in [6, 6.07) is 11.5. The second-order valence-corrected chi connectivity index (χ2v) is 10.7. The average molecular weight is 526 g/mol. The minimum Gasteiger partial charge on any atom is -0.354 e. The van der Waals surface area contributed by atoms with Crippen molar-refractivity contribution >= 4 is 39.1 Å². The highest BCUT2D eigenvalue weighted by atomic mass is 35.5. The van der Waals surface area contributed by atoms with Gasteiger partial charge in [-0.1, -0.05) is 37.1 Å². The molecular formula is C25H33ClFN3O4S. The number of rotatable bonds is 13. The SMILES string of the molecule is CCCCNC(=O)C(C)N(Cc1cccc(Cl)c1)C(=O)CCCN(c1ccc(F)cc1)S(C)(=O)=O. The molecule has 1 N–H and O–H groups in total. The highest BCUT2D eigenvalue weighted by Crippen LogP contribution is 2.20. The lowest BCUT2D eigenvalue weighted by Gasteiger charge is -2.29. The zero-order valence-electron chi connectivity index (χ0n) is 20.3. The van der Waals surface area contributed by atoms with Crippen molar-refractivity contribution in [2.75, 3.05) is 23.7 Å². The third kappa shape index (κ3) is 9.14. The molecule has 2 aromatic rings. The fourth-order valence-corrected chi connectivity index (χ4v) is 4.74. The number of halogens is 2. The van der Waals surface area contributed by atoms with Crippen molar-refractivity contribution in [3.63, 3.8) is 0 Å². The molecule has 2 amide bonds. The number of amides is 2. The van der Waals surface area contributed by atoms with Crippen molar-refractivity contribution in [3.8, 4) is 0 Å². The molecule has 0 saturated heterocycles. The van der Waals surface area contributed by atoms with Gasteiger partial charge in [0.2, 0.25) is 21.8 Å². The van der Waals surface area contributed by atoms with Crippen molar-refractivity contribution in [3.05, 3.63) is 64.9 Å². The number of nitrogens with one attached hydrogen (secondary N) is 1. The van der Waals surface area contributed by atoms with E-state index >= 15 is 0 Å². The molecule has 192 valence electrons. The maximum absolute atomic E-state index is 13.3. The molecule has 1 unspecified atom stereocenters. The molecule has 0 saturated carbocycles. The van der Waals surface area contributed by atoms with Gasteiger partial charge in [-0.3, -0.25) is 13.9 Å². The van der Waals surface area contributed by atoms with E-state index in [1.54, 1.807) is 25.1 Å². The second-order valence-electron chi connectivity index (χ2n) is 8.39. The molecule has 0 aliphatic carbocycles. The smallest absolute Gasteiger partial charge is 0.242 e. The highest BCUT2D eigenvalue weighted by molar-refractivity contribution is 7.92. The Labute approximate surface area is 212 Å². The number of benzene rings is 2. The number of sulfonamides is 1. The van der Waals surface area contributed by atoms with E-state index in [0.29, 0.717) is 17.3 Å². The Kier molecular flexibility index (Phi) is 11.0. The standard InChI is InChI=1S/C25H33ClFN3O4S/c1-4-5-15-28-25(32)19(2)29(18-20-8-6-9-21(26)17-20)24(31)10-7-16-30(35(3,33)34)23-13-11-22(27)12-14-23/h6,8-9,11-14,17,19H,4-5,7,10,15-16,18H2,1-3H3,(H,28,32). The van der Waals surface area contributed by atoms with E-state index < -0.39 is 21.9 Å². The fourth-order valence-electron chi connectivity index (χ4n) is 3.56. The van der Waals surface area contributed by atoms with Crippen LogP contribution in [0.2, 0.25) is 5.02 Å². The summed E-state index contributed by atoms with van der Waals surface area (Å²) in [5, 5.41) is 3.39. The van der Waals surface area contributed by atoms with E-state index in [2.05, 4.69) is 5.32 Å². The van der Waals surface area contributed by atoms with Crippen LogP contribution in [0.15, 0.2) is 48.5 Å². The van der Waals surface area contributed by atoms with Gasteiger partial charge < -0.3 is 10.2 Å². The monoisotopic (exact) mass is 525 g/mol. The molecule has 0 bridgehead atoms. The number of hydrogen-bond acceptors (Lipinski definition) is 4. The molecule has 0 fully saturated rings. The van der Waals surface area contributed by atoms with Crippen molar-refractivity contribution in [2.24, 2.45) is 0 Å². The first kappa shape index (κ1) is 28.6. The van der Waals surface area contributed by atoms with E-state index in [-0.39, 0.29) is 37.7 Å². The fraction of sp³-hybridized carbons (Fsp3) is 0.440. The summed E-state index contributed by atoms with van der Waals surface area (Å²) in [6.45, 7) is 4.45. The predicted molar refractivity (Wildman–Crippen MR) is 137 cm³/mol. The van der Waals surface area contributed by atoms with Crippen molar-refractivity contribution in [1.29, 1.82) is 0 Å². The summed E-state index contributed by atoms with van der Waals surface area (Å²) < 4.78 is 39.0. The molecule has 0 radical (unpaired) electrons. The maximum Gasteiger partial charge on any atom is 0.242 e. The van der Waals surface area contributed by atoms with Gasteiger partial charge in [0.15, 0.2) is 0 Å². The van der Waals surface area contributed by atoms with E-state index in [4.69, 9.17) is 11.6 Å². The van der Waals surface area contributed by atoms with Gasteiger partial charge in [-0.15, -0.1) is 0 Å². The van der Waals surface area contributed by atoms with Crippen LogP contribution in [0, 0.1) is 5.82 Å². The molecule has 0 aliphatic rings. The van der Waals surface area contributed by atoms with Crippen LogP contribution in [0.4, 0.5) is 10.1 Å². The molecule has 0 aromatic heterocycles. The zero-order chi connectivity index (χ0) is 26.0. The van der Waals surface area contributed by atoms with Crippen LogP contribution >= 0.6 is 11.6 Å². The third-order valence-electron chi connectivity index (χ3n) is 5.51. The van der Waals surface area contributed by atoms with Crippen molar-refractivity contribution in [2.45, 2.75) is 52.1 Å². The van der Waals surface area contributed by atoms with Crippen LogP contribution in [-0.2, 0) is 26.2 Å². The van der Waals surface area contributed by atoms with Gasteiger partial charge in [-0.05, 0) is 61.7 Å². The molecule has 35 heavy (non-hydrogen) atoms. The van der Waals surface area contributed by atoms with Crippen LogP contribution in [0.3, 0.4) is 0 Å². The zero-order valence-corrected chi connectivity index (χ0v) is 21.9. The second kappa shape index (κ2) is 13.4. The van der Waals surface area contributed by atoms with Gasteiger partial charge in [-0.25, -0.2) is 12.8 Å². The lowest BCUT2D eigenvalue weighted by atomic mass is 10.1. The van der Waals surface area contributed by atoms with Gasteiger partial charge in [-0.2, -0.15) is 0 Å². The van der Waals surface area contributed by atoms with Gasteiger partial charge >= 0.3 is 0 Å². The largest absolute Gasteiger partial charge is 0.354 e. The Balaban J connectivity index is 2.13. The number of nitrogens with zero attached hydrogens (tertiary/aromatic N) is 2. The van der Waals surface area contributed by atoms with Crippen molar-refractivity contribution in [1.82, 2.24) is 10.2 Å². The van der Waals surface area contributed by atoms with E-state index in [0.717, 1.165) is 29.0 Å². The van der Waals surface area contributed by atoms with E-state index in [1.165, 1.54) is 29.2 Å². The molecular weight excluding hydrogens is 493 g/mol. The van der Waals surface area contributed by atoms with Crippen LogP contribution in [-0.4, -0.2) is 50.5 Å². The van der Waals surface area contributed by atoms with E-state index in [1.807, 2.05) is 13.0 Å². The minimum atomic E-state index is -3.64. The maximum atomic E-state index is 13.3. The summed E-state index contributed by atoms with van der Waals surface area (Å²) in [7, 11) is -3.64. The van der Waals surface area contributed by atoms with Crippen LogP contribution in [0.1, 0.15) is 45.1 Å². The summed E-state index contributed by atoms with van der Waals surface area (Å²) in [5.74, 6) is -1.01. The third-order valence-corrected chi connectivity index (χ3v) is 6.93. The summed E-state index contributed by atoms with van der Waals surface area (Å²) in [6.07, 6.45) is 3.09.